The zero-order chi connectivity index (χ0) is 18.5. The third kappa shape index (κ3) is 4.09. The first-order valence-corrected chi connectivity index (χ1v) is 9.80. The molecule has 138 valence electrons. The predicted molar refractivity (Wildman–Crippen MR) is 107 cm³/mol. The maximum atomic E-state index is 12.8. The Bertz CT molecular complexity index is 782. The van der Waals surface area contributed by atoms with Gasteiger partial charge in [-0.15, -0.1) is 0 Å². The van der Waals surface area contributed by atoms with Crippen LogP contribution in [-0.2, 0) is 24.1 Å². The van der Waals surface area contributed by atoms with Gasteiger partial charge in [-0.05, 0) is 79.8 Å². The van der Waals surface area contributed by atoms with Crippen LogP contribution in [0.3, 0.4) is 0 Å². The van der Waals surface area contributed by atoms with E-state index in [9.17, 15) is 4.79 Å². The van der Waals surface area contributed by atoms with E-state index in [4.69, 9.17) is 4.74 Å². The van der Waals surface area contributed by atoms with Crippen molar-refractivity contribution in [2.45, 2.75) is 65.4 Å². The van der Waals surface area contributed by atoms with E-state index in [1.54, 1.807) is 0 Å². The second kappa shape index (κ2) is 8.39. The lowest BCUT2D eigenvalue weighted by Crippen LogP contribution is -2.33. The lowest BCUT2D eigenvalue weighted by Gasteiger charge is -2.21. The van der Waals surface area contributed by atoms with E-state index >= 15 is 0 Å². The number of hydrogen-bond donors (Lipinski definition) is 1. The zero-order valence-corrected chi connectivity index (χ0v) is 16.1. The van der Waals surface area contributed by atoms with E-state index in [-0.39, 0.29) is 5.91 Å². The summed E-state index contributed by atoms with van der Waals surface area (Å²) in [5.74, 6) is 0.724. The molecule has 0 spiro atoms. The first-order chi connectivity index (χ1) is 12.6. The smallest absolute Gasteiger partial charge is 0.265 e. The van der Waals surface area contributed by atoms with Gasteiger partial charge in [0, 0.05) is 5.69 Å². The quantitative estimate of drug-likeness (QED) is 0.773. The van der Waals surface area contributed by atoms with Crippen molar-refractivity contribution in [3.8, 4) is 5.75 Å². The van der Waals surface area contributed by atoms with E-state index in [1.807, 2.05) is 32.0 Å². The van der Waals surface area contributed by atoms with E-state index < -0.39 is 6.10 Å². The first-order valence-electron chi connectivity index (χ1n) is 9.80. The summed E-state index contributed by atoms with van der Waals surface area (Å²) in [6.45, 7) is 6.12. The number of aryl methyl sites for hydroxylation is 4. The number of amides is 1. The molecule has 3 heteroatoms. The number of para-hydroxylation sites is 1. The topological polar surface area (TPSA) is 38.3 Å². The molecule has 1 aliphatic rings. The van der Waals surface area contributed by atoms with Gasteiger partial charge in [-0.3, -0.25) is 4.79 Å². The average Bonchev–Trinajstić information content (AvgIpc) is 2.67. The molecule has 0 heterocycles. The number of ether oxygens (including phenoxy) is 1. The second-order valence-corrected chi connectivity index (χ2v) is 7.10. The molecule has 0 saturated heterocycles. The summed E-state index contributed by atoms with van der Waals surface area (Å²) in [6, 6.07) is 12.4. The lowest BCUT2D eigenvalue weighted by molar-refractivity contribution is -0.122. The monoisotopic (exact) mass is 351 g/mol. The molecule has 3 rings (SSSR count). The Labute approximate surface area is 156 Å². The van der Waals surface area contributed by atoms with Gasteiger partial charge in [0.25, 0.3) is 5.91 Å². The van der Waals surface area contributed by atoms with Gasteiger partial charge < -0.3 is 10.1 Å². The molecule has 3 nitrogen and oxygen atoms in total. The Morgan fingerprint density at radius 1 is 1.12 bits per heavy atom. The molecule has 2 aromatic rings. The van der Waals surface area contributed by atoms with E-state index in [1.165, 1.54) is 24.0 Å². The maximum Gasteiger partial charge on any atom is 0.265 e. The third-order valence-electron chi connectivity index (χ3n) is 5.25. The average molecular weight is 351 g/mol. The van der Waals surface area contributed by atoms with Crippen LogP contribution in [-0.4, -0.2) is 12.0 Å². The molecule has 1 atom stereocenters. The maximum absolute atomic E-state index is 12.8. The van der Waals surface area contributed by atoms with Crippen molar-refractivity contribution in [3.05, 3.63) is 58.7 Å². The van der Waals surface area contributed by atoms with Crippen molar-refractivity contribution >= 4 is 11.6 Å². The summed E-state index contributed by atoms with van der Waals surface area (Å²) in [5.41, 5.74) is 5.96. The molecule has 0 bridgehead atoms. The van der Waals surface area contributed by atoms with Crippen molar-refractivity contribution in [2.24, 2.45) is 0 Å². The van der Waals surface area contributed by atoms with Gasteiger partial charge in [0.05, 0.1) is 0 Å². The van der Waals surface area contributed by atoms with Crippen LogP contribution in [0.4, 0.5) is 5.69 Å². The van der Waals surface area contributed by atoms with Gasteiger partial charge in [0.2, 0.25) is 0 Å². The fraction of sp³-hybridized carbons (Fsp3) is 0.435. The van der Waals surface area contributed by atoms with Crippen molar-refractivity contribution < 1.29 is 9.53 Å². The minimum Gasteiger partial charge on any atom is -0.481 e. The van der Waals surface area contributed by atoms with Crippen LogP contribution in [0, 0.1) is 6.92 Å². The highest BCUT2D eigenvalue weighted by Crippen LogP contribution is 2.27. The summed E-state index contributed by atoms with van der Waals surface area (Å²) in [4.78, 5) is 12.8. The largest absolute Gasteiger partial charge is 0.481 e. The van der Waals surface area contributed by atoms with Crippen LogP contribution < -0.4 is 10.1 Å². The van der Waals surface area contributed by atoms with Gasteiger partial charge in [-0.25, -0.2) is 0 Å². The minimum atomic E-state index is -0.485. The summed E-state index contributed by atoms with van der Waals surface area (Å²) >= 11 is 0. The number of nitrogens with one attached hydrogen (secondary N) is 1. The van der Waals surface area contributed by atoms with Crippen LogP contribution >= 0.6 is 0 Å². The molecular formula is C23H29NO2. The van der Waals surface area contributed by atoms with Crippen molar-refractivity contribution in [1.29, 1.82) is 0 Å². The molecule has 1 N–H and O–H groups in total. The van der Waals surface area contributed by atoms with E-state index in [0.29, 0.717) is 6.42 Å². The van der Waals surface area contributed by atoms with Crippen LogP contribution in [0.2, 0.25) is 0 Å². The van der Waals surface area contributed by atoms with Gasteiger partial charge in [-0.2, -0.15) is 0 Å². The Kier molecular flexibility index (Phi) is 5.97. The number of hydrogen-bond acceptors (Lipinski definition) is 2. The Hall–Kier alpha value is -2.29. The predicted octanol–water partition coefficient (Wildman–Crippen LogP) is 5.23. The summed E-state index contributed by atoms with van der Waals surface area (Å²) in [7, 11) is 0. The molecule has 2 aromatic carbocycles. The van der Waals surface area contributed by atoms with Crippen LogP contribution in [0.1, 0.15) is 55.4 Å². The van der Waals surface area contributed by atoms with Gasteiger partial charge in [0.15, 0.2) is 6.10 Å². The number of anilines is 1. The molecule has 0 saturated carbocycles. The molecule has 1 unspecified atom stereocenters. The Morgan fingerprint density at radius 3 is 2.62 bits per heavy atom. The van der Waals surface area contributed by atoms with Gasteiger partial charge >= 0.3 is 0 Å². The zero-order valence-electron chi connectivity index (χ0n) is 16.1. The van der Waals surface area contributed by atoms with Crippen LogP contribution in [0.15, 0.2) is 36.4 Å². The number of fused-ring (bicyclic) bond motifs is 1. The van der Waals surface area contributed by atoms with E-state index in [2.05, 4.69) is 30.4 Å². The lowest BCUT2D eigenvalue weighted by atomic mass is 9.92. The SMILES string of the molecule is CCc1cccc(C)c1NC(=O)C(CC)Oc1ccc2c(c1)CCCC2. The van der Waals surface area contributed by atoms with E-state index in [0.717, 1.165) is 41.8 Å². The third-order valence-corrected chi connectivity index (χ3v) is 5.25. The molecule has 1 aliphatic carbocycles. The van der Waals surface area contributed by atoms with Crippen molar-refractivity contribution in [3.63, 3.8) is 0 Å². The Morgan fingerprint density at radius 2 is 1.88 bits per heavy atom. The van der Waals surface area contributed by atoms with Gasteiger partial charge in [0.1, 0.15) is 5.75 Å². The minimum absolute atomic E-state index is 0.0748. The molecule has 0 fully saturated rings. The summed E-state index contributed by atoms with van der Waals surface area (Å²) < 4.78 is 6.07. The molecule has 26 heavy (non-hydrogen) atoms. The first kappa shape index (κ1) is 18.5. The molecule has 0 aromatic heterocycles. The highest BCUT2D eigenvalue weighted by atomic mass is 16.5. The van der Waals surface area contributed by atoms with Crippen molar-refractivity contribution in [2.75, 3.05) is 5.32 Å². The second-order valence-electron chi connectivity index (χ2n) is 7.10. The normalized spacial score (nSPS) is 14.4. The van der Waals surface area contributed by atoms with Crippen LogP contribution in [0.5, 0.6) is 5.75 Å². The van der Waals surface area contributed by atoms with Crippen molar-refractivity contribution in [1.82, 2.24) is 0 Å². The number of carbonyl (C=O) groups excluding carboxylic acids is 1. The number of rotatable bonds is 6. The highest BCUT2D eigenvalue weighted by molar-refractivity contribution is 5.95. The Balaban J connectivity index is 1.74. The highest BCUT2D eigenvalue weighted by Gasteiger charge is 2.21. The summed E-state index contributed by atoms with van der Waals surface area (Å²) in [6.07, 6.45) is 5.81. The van der Waals surface area contributed by atoms with Gasteiger partial charge in [-0.1, -0.05) is 38.1 Å². The summed E-state index contributed by atoms with van der Waals surface area (Å²) in [5, 5.41) is 3.10. The molecule has 0 radical (unpaired) electrons. The molecular weight excluding hydrogens is 322 g/mol. The number of carbonyl (C=O) groups is 1. The van der Waals surface area contributed by atoms with Crippen LogP contribution in [0.25, 0.3) is 0 Å². The molecule has 1 amide bonds. The molecule has 0 aliphatic heterocycles. The fourth-order valence-electron chi connectivity index (χ4n) is 3.68. The fourth-order valence-corrected chi connectivity index (χ4v) is 3.68. The standard InChI is InChI=1S/C23H29NO2/c1-4-17-12-8-9-16(3)22(17)24-23(25)21(5-2)26-20-14-13-18-10-6-7-11-19(18)15-20/h8-9,12-15,21H,4-7,10-11H2,1-3H3,(H,24,25). The number of benzene rings is 2.